The number of aryl methyl sites for hydroxylation is 1. The molecule has 1 amide bonds. The number of carbonyl (C=O) groups is 1. The maximum absolute atomic E-state index is 12.6. The molecule has 1 fully saturated rings. The molecule has 0 bridgehead atoms. The van der Waals surface area contributed by atoms with Crippen LogP contribution in [0.5, 0.6) is 0 Å². The molecule has 7 heteroatoms. The van der Waals surface area contributed by atoms with Crippen molar-refractivity contribution in [3.8, 4) is 0 Å². The third-order valence-corrected chi connectivity index (χ3v) is 4.61. The van der Waals surface area contributed by atoms with E-state index in [1.807, 2.05) is 17.3 Å². The number of anilines is 1. The second-order valence-corrected chi connectivity index (χ2v) is 6.26. The molecule has 1 aliphatic heterocycles. The van der Waals surface area contributed by atoms with Crippen LogP contribution >= 0.6 is 23.2 Å². The summed E-state index contributed by atoms with van der Waals surface area (Å²) in [5, 5.41) is 0.949. The first-order valence-corrected chi connectivity index (χ1v) is 8.36. The molecule has 0 aliphatic carbocycles. The van der Waals surface area contributed by atoms with Gasteiger partial charge in [0.25, 0.3) is 5.91 Å². The summed E-state index contributed by atoms with van der Waals surface area (Å²) in [5.41, 5.74) is 0.461. The highest BCUT2D eigenvalue weighted by Gasteiger charge is 2.25. The summed E-state index contributed by atoms with van der Waals surface area (Å²) in [5.74, 6) is 0.886. The maximum atomic E-state index is 12.6. The lowest BCUT2D eigenvalue weighted by atomic mass is 10.2. The topological polar surface area (TPSA) is 41.4 Å². The van der Waals surface area contributed by atoms with Crippen LogP contribution in [-0.4, -0.2) is 46.5 Å². The summed E-state index contributed by atoms with van der Waals surface area (Å²) in [6.45, 7) is 5.75. The smallest absolute Gasteiger partial charge is 0.255 e. The second kappa shape index (κ2) is 6.81. The van der Waals surface area contributed by atoms with Crippen molar-refractivity contribution in [2.24, 2.45) is 0 Å². The fourth-order valence-corrected chi connectivity index (χ4v) is 3.14. The van der Waals surface area contributed by atoms with Gasteiger partial charge in [-0.2, -0.15) is 0 Å². The molecule has 0 saturated carbocycles. The number of amides is 1. The number of imidazole rings is 1. The van der Waals surface area contributed by atoms with Gasteiger partial charge in [-0.05, 0) is 25.1 Å². The fourth-order valence-electron chi connectivity index (χ4n) is 2.77. The summed E-state index contributed by atoms with van der Waals surface area (Å²) >= 11 is 12.1. The van der Waals surface area contributed by atoms with E-state index in [-0.39, 0.29) is 5.91 Å². The molecule has 0 spiro atoms. The molecule has 1 aliphatic rings. The molecule has 0 N–H and O–H groups in total. The average molecular weight is 353 g/mol. The van der Waals surface area contributed by atoms with Gasteiger partial charge >= 0.3 is 0 Å². The zero-order valence-corrected chi connectivity index (χ0v) is 14.4. The Labute approximate surface area is 145 Å². The molecule has 1 saturated heterocycles. The lowest BCUT2D eigenvalue weighted by molar-refractivity contribution is 0.0746. The Morgan fingerprint density at radius 2 is 1.96 bits per heavy atom. The Hall–Kier alpha value is -1.72. The molecule has 23 heavy (non-hydrogen) atoms. The number of carbonyl (C=O) groups excluding carboxylic acids is 1. The average Bonchev–Trinajstić information content (AvgIpc) is 3.05. The quantitative estimate of drug-likeness (QED) is 0.851. The van der Waals surface area contributed by atoms with Gasteiger partial charge in [0.15, 0.2) is 0 Å². The van der Waals surface area contributed by atoms with E-state index < -0.39 is 0 Å². The summed E-state index contributed by atoms with van der Waals surface area (Å²) < 4.78 is 2.10. The number of aromatic nitrogens is 2. The van der Waals surface area contributed by atoms with Crippen LogP contribution in [0.1, 0.15) is 17.3 Å². The van der Waals surface area contributed by atoms with E-state index >= 15 is 0 Å². The number of nitrogens with zero attached hydrogens (tertiary/aromatic N) is 4. The highest BCUT2D eigenvalue weighted by atomic mass is 35.5. The van der Waals surface area contributed by atoms with Gasteiger partial charge in [-0.25, -0.2) is 4.98 Å². The van der Waals surface area contributed by atoms with E-state index in [1.54, 1.807) is 18.2 Å². The van der Waals surface area contributed by atoms with Crippen LogP contribution in [0, 0.1) is 0 Å². The molecular formula is C16H18Cl2N4O. The Bertz CT molecular complexity index is 708. The maximum Gasteiger partial charge on any atom is 0.255 e. The van der Waals surface area contributed by atoms with E-state index in [0.29, 0.717) is 28.7 Å². The first-order valence-electron chi connectivity index (χ1n) is 7.60. The lowest BCUT2D eigenvalue weighted by Crippen LogP contribution is -2.49. The minimum Gasteiger partial charge on any atom is -0.339 e. The van der Waals surface area contributed by atoms with E-state index in [1.165, 1.54) is 0 Å². The van der Waals surface area contributed by atoms with Crippen molar-refractivity contribution in [2.45, 2.75) is 13.5 Å². The van der Waals surface area contributed by atoms with Gasteiger partial charge in [-0.1, -0.05) is 23.2 Å². The summed E-state index contributed by atoms with van der Waals surface area (Å²) in [6.07, 6.45) is 3.78. The number of benzene rings is 1. The standard InChI is InChI=1S/C16H18Cl2N4O/c1-2-20-6-5-19-16(20)22-9-7-21(8-10-22)15(23)13-11-12(17)3-4-14(13)18/h3-6,11H,2,7-10H2,1H3. The number of hydrogen-bond donors (Lipinski definition) is 0. The van der Waals surface area contributed by atoms with Crippen molar-refractivity contribution in [1.82, 2.24) is 14.5 Å². The highest BCUT2D eigenvalue weighted by molar-refractivity contribution is 6.35. The SMILES string of the molecule is CCn1ccnc1N1CCN(C(=O)c2cc(Cl)ccc2Cl)CC1. The van der Waals surface area contributed by atoms with Crippen molar-refractivity contribution in [3.05, 3.63) is 46.2 Å². The minimum absolute atomic E-state index is 0.0732. The van der Waals surface area contributed by atoms with Gasteiger partial charge in [0.1, 0.15) is 0 Å². The Kier molecular flexibility index (Phi) is 4.78. The van der Waals surface area contributed by atoms with Crippen molar-refractivity contribution >= 4 is 35.1 Å². The zero-order chi connectivity index (χ0) is 16.4. The fraction of sp³-hybridized carbons (Fsp3) is 0.375. The largest absolute Gasteiger partial charge is 0.339 e. The second-order valence-electron chi connectivity index (χ2n) is 5.42. The third-order valence-electron chi connectivity index (χ3n) is 4.04. The predicted octanol–water partition coefficient (Wildman–Crippen LogP) is 3.17. The Morgan fingerprint density at radius 3 is 2.65 bits per heavy atom. The number of piperazine rings is 1. The van der Waals surface area contributed by atoms with E-state index in [2.05, 4.69) is 21.4 Å². The number of hydrogen-bond acceptors (Lipinski definition) is 3. The molecule has 0 radical (unpaired) electrons. The molecular weight excluding hydrogens is 335 g/mol. The molecule has 1 aromatic carbocycles. The van der Waals surface area contributed by atoms with E-state index in [0.717, 1.165) is 25.6 Å². The third kappa shape index (κ3) is 3.31. The van der Waals surface area contributed by atoms with Gasteiger partial charge < -0.3 is 14.4 Å². The molecule has 2 heterocycles. The minimum atomic E-state index is -0.0732. The lowest BCUT2D eigenvalue weighted by Gasteiger charge is -2.35. The first-order chi connectivity index (χ1) is 11.1. The first kappa shape index (κ1) is 16.1. The number of halogens is 2. The van der Waals surface area contributed by atoms with E-state index in [4.69, 9.17) is 23.2 Å². The van der Waals surface area contributed by atoms with Gasteiger partial charge in [-0.15, -0.1) is 0 Å². The van der Waals surface area contributed by atoms with Gasteiger partial charge in [0, 0.05) is 50.1 Å². The van der Waals surface area contributed by atoms with Crippen LogP contribution in [0.2, 0.25) is 10.0 Å². The van der Waals surface area contributed by atoms with Gasteiger partial charge in [-0.3, -0.25) is 4.79 Å². The summed E-state index contributed by atoms with van der Waals surface area (Å²) in [4.78, 5) is 21.1. The van der Waals surface area contributed by atoms with Crippen LogP contribution in [0.4, 0.5) is 5.95 Å². The Balaban J connectivity index is 1.69. The van der Waals surface area contributed by atoms with Crippen LogP contribution in [0.3, 0.4) is 0 Å². The molecule has 5 nitrogen and oxygen atoms in total. The van der Waals surface area contributed by atoms with Crippen LogP contribution in [0.15, 0.2) is 30.6 Å². The van der Waals surface area contributed by atoms with Crippen LogP contribution < -0.4 is 4.90 Å². The van der Waals surface area contributed by atoms with Crippen molar-refractivity contribution in [1.29, 1.82) is 0 Å². The van der Waals surface area contributed by atoms with E-state index in [9.17, 15) is 4.79 Å². The number of rotatable bonds is 3. The molecule has 0 unspecified atom stereocenters. The predicted molar refractivity (Wildman–Crippen MR) is 92.5 cm³/mol. The van der Waals surface area contributed by atoms with Crippen molar-refractivity contribution in [3.63, 3.8) is 0 Å². The van der Waals surface area contributed by atoms with Crippen molar-refractivity contribution in [2.75, 3.05) is 31.1 Å². The molecule has 122 valence electrons. The van der Waals surface area contributed by atoms with Gasteiger partial charge in [0.05, 0.1) is 10.6 Å². The van der Waals surface area contributed by atoms with Crippen LogP contribution in [-0.2, 0) is 6.54 Å². The molecule has 2 aromatic rings. The zero-order valence-electron chi connectivity index (χ0n) is 12.9. The molecule has 1 aromatic heterocycles. The van der Waals surface area contributed by atoms with Crippen molar-refractivity contribution < 1.29 is 4.79 Å². The molecule has 0 atom stereocenters. The van der Waals surface area contributed by atoms with Crippen LogP contribution in [0.25, 0.3) is 0 Å². The highest BCUT2D eigenvalue weighted by Crippen LogP contribution is 2.23. The van der Waals surface area contributed by atoms with Gasteiger partial charge in [0.2, 0.25) is 5.95 Å². The normalized spacial score (nSPS) is 15.1. The molecule has 3 rings (SSSR count). The summed E-state index contributed by atoms with van der Waals surface area (Å²) in [6, 6.07) is 4.97. The Morgan fingerprint density at radius 1 is 1.22 bits per heavy atom. The summed E-state index contributed by atoms with van der Waals surface area (Å²) in [7, 11) is 0. The monoisotopic (exact) mass is 352 g/mol.